The molecular formula is C29H39F9O4. The van der Waals surface area contributed by atoms with Gasteiger partial charge >= 0.3 is 30.5 Å². The number of hydrogen-bond donors (Lipinski definition) is 0. The van der Waals surface area contributed by atoms with Gasteiger partial charge in [-0.25, -0.2) is 4.79 Å². The molecule has 0 aromatic rings. The van der Waals surface area contributed by atoms with Crippen molar-refractivity contribution in [3.63, 3.8) is 0 Å². The number of carbonyl (C=O) groups is 2. The van der Waals surface area contributed by atoms with E-state index in [9.17, 15) is 49.1 Å². The first-order chi connectivity index (χ1) is 19.2. The molecule has 13 heteroatoms. The quantitative estimate of drug-likeness (QED) is 0.220. The van der Waals surface area contributed by atoms with Crippen molar-refractivity contribution in [2.24, 2.45) is 46.3 Å². The fourth-order valence-electron chi connectivity index (χ4n) is 9.58. The van der Waals surface area contributed by atoms with E-state index in [-0.39, 0.29) is 35.0 Å². The minimum atomic E-state index is -5.74. The molecule has 4 nitrogen and oxygen atoms in total. The van der Waals surface area contributed by atoms with Gasteiger partial charge in [-0.1, -0.05) is 20.8 Å². The molecule has 0 aromatic carbocycles. The van der Waals surface area contributed by atoms with Crippen LogP contribution >= 0.6 is 0 Å². The number of esters is 2. The molecule has 4 fully saturated rings. The maximum atomic E-state index is 12.8. The lowest BCUT2D eigenvalue weighted by Gasteiger charge is -2.61. The second-order valence-corrected chi connectivity index (χ2v) is 13.7. The Morgan fingerprint density at radius 1 is 0.810 bits per heavy atom. The highest BCUT2D eigenvalue weighted by Gasteiger charge is 2.62. The molecule has 4 aliphatic carbocycles. The summed E-state index contributed by atoms with van der Waals surface area (Å²) in [6.45, 7) is 6.32. The third kappa shape index (κ3) is 6.40. The lowest BCUT2D eigenvalue weighted by atomic mass is 9.44. The fourth-order valence-corrected chi connectivity index (χ4v) is 9.58. The Balaban J connectivity index is 1.36. The molecule has 0 heterocycles. The summed E-state index contributed by atoms with van der Waals surface area (Å²) in [6.07, 6.45) is -15.0. The molecule has 0 saturated heterocycles. The number of fused-ring (bicyclic) bond motifs is 5. The monoisotopic (exact) mass is 622 g/mol. The Hall–Kier alpha value is -1.69. The highest BCUT2D eigenvalue weighted by Crippen LogP contribution is 2.68. The molecule has 0 bridgehead atoms. The van der Waals surface area contributed by atoms with Crippen molar-refractivity contribution < 1.29 is 58.6 Å². The molecule has 0 N–H and O–H groups in total. The van der Waals surface area contributed by atoms with Gasteiger partial charge in [-0.05, 0) is 111 Å². The normalized spacial score (nSPS) is 37.8. The second kappa shape index (κ2) is 11.3. The molecule has 9 atom stereocenters. The molecule has 0 aliphatic heterocycles. The zero-order valence-electron chi connectivity index (χ0n) is 23.9. The zero-order chi connectivity index (χ0) is 31.5. The van der Waals surface area contributed by atoms with E-state index in [2.05, 4.69) is 18.6 Å². The van der Waals surface area contributed by atoms with Crippen LogP contribution in [0.4, 0.5) is 39.5 Å². The van der Waals surface area contributed by atoms with Gasteiger partial charge in [-0.3, -0.25) is 4.79 Å². The number of halogens is 9. The number of ether oxygens (including phenoxy) is 2. The topological polar surface area (TPSA) is 52.6 Å². The van der Waals surface area contributed by atoms with Crippen molar-refractivity contribution >= 4 is 11.9 Å². The van der Waals surface area contributed by atoms with E-state index < -0.39 is 49.1 Å². The largest absolute Gasteiger partial charge is 0.490 e. The first-order valence-electron chi connectivity index (χ1n) is 14.8. The van der Waals surface area contributed by atoms with Gasteiger partial charge < -0.3 is 9.47 Å². The van der Waals surface area contributed by atoms with E-state index >= 15 is 0 Å². The smallest absolute Gasteiger partial charge is 0.456 e. The summed E-state index contributed by atoms with van der Waals surface area (Å²) in [5.41, 5.74) is -0.167. The van der Waals surface area contributed by atoms with Crippen molar-refractivity contribution in [3.8, 4) is 0 Å². The summed E-state index contributed by atoms with van der Waals surface area (Å²) in [7, 11) is 0. The summed E-state index contributed by atoms with van der Waals surface area (Å²) >= 11 is 0. The van der Waals surface area contributed by atoms with E-state index in [1.165, 1.54) is 0 Å². The number of hydrogen-bond acceptors (Lipinski definition) is 4. The number of carbonyl (C=O) groups excluding carboxylic acids is 2. The van der Waals surface area contributed by atoms with Crippen LogP contribution in [0.1, 0.15) is 91.4 Å². The molecule has 242 valence electrons. The third-order valence-electron chi connectivity index (χ3n) is 11.5. The van der Waals surface area contributed by atoms with E-state index in [1.807, 2.05) is 6.92 Å². The van der Waals surface area contributed by atoms with E-state index in [4.69, 9.17) is 4.74 Å². The number of rotatable bonds is 6. The Bertz CT molecular complexity index is 995. The third-order valence-corrected chi connectivity index (χ3v) is 11.5. The average Bonchev–Trinajstić information content (AvgIpc) is 3.21. The van der Waals surface area contributed by atoms with Crippen LogP contribution in [0.2, 0.25) is 0 Å². The van der Waals surface area contributed by atoms with Crippen molar-refractivity contribution in [3.05, 3.63) is 0 Å². The van der Waals surface area contributed by atoms with Crippen molar-refractivity contribution in [2.45, 2.75) is 122 Å². The van der Waals surface area contributed by atoms with Gasteiger partial charge in [0.1, 0.15) is 6.10 Å². The molecule has 0 spiro atoms. The average molecular weight is 623 g/mol. The predicted molar refractivity (Wildman–Crippen MR) is 132 cm³/mol. The molecule has 0 amide bonds. The molecule has 0 aromatic heterocycles. The van der Waals surface area contributed by atoms with Crippen LogP contribution in [0.3, 0.4) is 0 Å². The zero-order valence-corrected chi connectivity index (χ0v) is 23.9. The van der Waals surface area contributed by atoms with Gasteiger partial charge in [-0.15, -0.1) is 0 Å². The van der Waals surface area contributed by atoms with Crippen molar-refractivity contribution in [2.75, 3.05) is 0 Å². The van der Waals surface area contributed by atoms with Crippen LogP contribution in [-0.2, 0) is 19.1 Å². The minimum Gasteiger partial charge on any atom is -0.456 e. The Morgan fingerprint density at radius 3 is 2.00 bits per heavy atom. The van der Waals surface area contributed by atoms with E-state index in [1.54, 1.807) is 0 Å². The maximum Gasteiger partial charge on any atom is 0.490 e. The van der Waals surface area contributed by atoms with Crippen LogP contribution in [0.5, 0.6) is 0 Å². The lowest BCUT2D eigenvalue weighted by Crippen LogP contribution is -2.54. The molecule has 4 rings (SSSR count). The first kappa shape index (κ1) is 33.2. The highest BCUT2D eigenvalue weighted by molar-refractivity contribution is 5.75. The Kier molecular flexibility index (Phi) is 8.97. The van der Waals surface area contributed by atoms with E-state index in [0.717, 1.165) is 38.5 Å². The van der Waals surface area contributed by atoms with Crippen molar-refractivity contribution in [1.82, 2.24) is 0 Å². The van der Waals surface area contributed by atoms with Gasteiger partial charge in [-0.2, -0.15) is 39.5 Å². The standard InChI is InChI=1S/C29H39F9O4/c1-15(4-9-22(39)42-23(27(30,31)32)28(33,34)35)19-7-8-20-18-6-5-16-14-17(41-24(40)29(36,37)38)10-12-25(16,2)21(18)11-13-26(19,20)3/h15-21,23H,4-14H2,1-3H3/t15?,16-,17+,18+,19-,20+,21+,25+,26-/m1/s1. The Labute approximate surface area is 239 Å². The SMILES string of the molecule is CC(CCC(=O)OC(C(F)(F)F)C(F)(F)F)[C@H]1CC[C@H]2[C@@H]3CC[C@@H]4C[C@@H](OC(=O)C(F)(F)F)CC[C@]4(C)[C@H]3CC[C@]12C. The molecule has 42 heavy (non-hydrogen) atoms. The molecule has 0 radical (unpaired) electrons. The van der Waals surface area contributed by atoms with Crippen LogP contribution < -0.4 is 0 Å². The maximum absolute atomic E-state index is 12.8. The molecule has 4 aliphatic rings. The summed E-state index contributed by atoms with van der Waals surface area (Å²) in [4.78, 5) is 23.4. The van der Waals surface area contributed by atoms with Gasteiger partial charge in [0.15, 0.2) is 0 Å². The number of alkyl halides is 9. The van der Waals surface area contributed by atoms with Gasteiger partial charge in [0.25, 0.3) is 6.10 Å². The van der Waals surface area contributed by atoms with Crippen LogP contribution in [0.25, 0.3) is 0 Å². The molecule has 4 saturated carbocycles. The second-order valence-electron chi connectivity index (χ2n) is 13.7. The van der Waals surface area contributed by atoms with E-state index in [0.29, 0.717) is 37.0 Å². The highest BCUT2D eigenvalue weighted by atomic mass is 19.4. The fraction of sp³-hybridized carbons (Fsp3) is 0.931. The predicted octanol–water partition coefficient (Wildman–Crippen LogP) is 8.57. The summed E-state index contributed by atoms with van der Waals surface area (Å²) in [6, 6.07) is 0. The van der Waals surface area contributed by atoms with Gasteiger partial charge in [0.2, 0.25) is 0 Å². The first-order valence-corrected chi connectivity index (χ1v) is 14.8. The van der Waals surface area contributed by atoms with Crippen LogP contribution in [0, 0.1) is 46.3 Å². The minimum absolute atomic E-state index is 0.0770. The summed E-state index contributed by atoms with van der Waals surface area (Å²) in [5, 5.41) is 0. The van der Waals surface area contributed by atoms with Crippen molar-refractivity contribution in [1.29, 1.82) is 0 Å². The summed E-state index contributed by atoms with van der Waals surface area (Å²) < 4.78 is 123. The molecular weight excluding hydrogens is 583 g/mol. The lowest BCUT2D eigenvalue weighted by molar-refractivity contribution is -0.313. The van der Waals surface area contributed by atoms with Gasteiger partial charge in [0, 0.05) is 6.42 Å². The Morgan fingerprint density at radius 2 is 1.40 bits per heavy atom. The van der Waals surface area contributed by atoms with Gasteiger partial charge in [0.05, 0.1) is 0 Å². The van der Waals surface area contributed by atoms with Crippen LogP contribution in [-0.4, -0.2) is 42.7 Å². The molecule has 1 unspecified atom stereocenters. The summed E-state index contributed by atoms with van der Waals surface area (Å²) in [5.74, 6) is -2.31. The van der Waals surface area contributed by atoms with Crippen LogP contribution in [0.15, 0.2) is 0 Å².